The van der Waals surface area contributed by atoms with E-state index in [1.54, 1.807) is 0 Å². The predicted molar refractivity (Wildman–Crippen MR) is 88.8 cm³/mol. The van der Waals surface area contributed by atoms with E-state index in [1.807, 2.05) is 0 Å². The molecule has 0 heterocycles. The topological polar surface area (TPSA) is 12.0 Å². The van der Waals surface area contributed by atoms with Gasteiger partial charge in [-0.1, -0.05) is 35.7 Å². The van der Waals surface area contributed by atoms with Gasteiger partial charge in [0.15, 0.2) is 0 Å². The van der Waals surface area contributed by atoms with Crippen LogP contribution in [0.1, 0.15) is 44.6 Å². The van der Waals surface area contributed by atoms with Gasteiger partial charge in [0.2, 0.25) is 0 Å². The van der Waals surface area contributed by atoms with Crippen molar-refractivity contribution in [2.24, 2.45) is 5.92 Å². The number of nitrogens with one attached hydrogen (secondary N) is 1. The standard InChI is InChI=1S/C16H24BrNS/c1-2-9-18-11-14-10-15(17)7-8-16(14)19-12-13-5-3-4-6-13/h7-8,10,13,18H,2-6,9,11-12H2,1H3. The Hall–Kier alpha value is 0.01000. The minimum Gasteiger partial charge on any atom is -0.313 e. The van der Waals surface area contributed by atoms with Crippen LogP contribution in [-0.4, -0.2) is 12.3 Å². The normalized spacial score (nSPS) is 16.1. The van der Waals surface area contributed by atoms with Crippen molar-refractivity contribution in [2.45, 2.75) is 50.5 Å². The molecule has 1 nitrogen and oxygen atoms in total. The molecule has 1 saturated carbocycles. The lowest BCUT2D eigenvalue weighted by Gasteiger charge is -2.13. The third kappa shape index (κ3) is 5.13. The summed E-state index contributed by atoms with van der Waals surface area (Å²) < 4.78 is 1.19. The SMILES string of the molecule is CCCNCc1cc(Br)ccc1SCC1CCCC1. The van der Waals surface area contributed by atoms with Crippen LogP contribution >= 0.6 is 27.7 Å². The van der Waals surface area contributed by atoms with Crippen LogP contribution in [-0.2, 0) is 6.54 Å². The number of rotatable bonds is 7. The van der Waals surface area contributed by atoms with E-state index in [1.165, 1.54) is 52.8 Å². The molecule has 1 aliphatic rings. The Balaban J connectivity index is 1.92. The largest absolute Gasteiger partial charge is 0.313 e. The van der Waals surface area contributed by atoms with Crippen molar-refractivity contribution in [3.63, 3.8) is 0 Å². The summed E-state index contributed by atoms with van der Waals surface area (Å²) in [7, 11) is 0. The zero-order valence-electron chi connectivity index (χ0n) is 11.8. The van der Waals surface area contributed by atoms with Crippen LogP contribution < -0.4 is 5.32 Å². The Morgan fingerprint density at radius 1 is 1.32 bits per heavy atom. The Kier molecular flexibility index (Phi) is 6.75. The van der Waals surface area contributed by atoms with Gasteiger partial charge in [0, 0.05) is 21.7 Å². The molecule has 1 fully saturated rings. The van der Waals surface area contributed by atoms with Crippen LogP contribution in [0.4, 0.5) is 0 Å². The van der Waals surface area contributed by atoms with Gasteiger partial charge in [0.1, 0.15) is 0 Å². The van der Waals surface area contributed by atoms with Crippen molar-refractivity contribution >= 4 is 27.7 Å². The lowest BCUT2D eigenvalue weighted by atomic mass is 10.1. The molecule has 0 aliphatic heterocycles. The lowest BCUT2D eigenvalue weighted by Crippen LogP contribution is -2.14. The van der Waals surface area contributed by atoms with E-state index in [4.69, 9.17) is 0 Å². The summed E-state index contributed by atoms with van der Waals surface area (Å²) in [6.45, 7) is 4.29. The first-order chi connectivity index (χ1) is 9.29. The maximum absolute atomic E-state index is 3.59. The fraction of sp³-hybridized carbons (Fsp3) is 0.625. The molecule has 0 aromatic heterocycles. The van der Waals surface area contributed by atoms with E-state index in [-0.39, 0.29) is 0 Å². The molecule has 0 saturated heterocycles. The first-order valence-electron chi connectivity index (χ1n) is 7.41. The van der Waals surface area contributed by atoms with Gasteiger partial charge in [-0.25, -0.2) is 0 Å². The summed E-state index contributed by atoms with van der Waals surface area (Å²) in [4.78, 5) is 1.46. The molecule has 19 heavy (non-hydrogen) atoms. The molecular weight excluding hydrogens is 318 g/mol. The monoisotopic (exact) mass is 341 g/mol. The highest BCUT2D eigenvalue weighted by molar-refractivity contribution is 9.10. The van der Waals surface area contributed by atoms with Gasteiger partial charge >= 0.3 is 0 Å². The number of thioether (sulfide) groups is 1. The number of hydrogen-bond acceptors (Lipinski definition) is 2. The highest BCUT2D eigenvalue weighted by Gasteiger charge is 2.15. The average molecular weight is 342 g/mol. The summed E-state index contributed by atoms with van der Waals surface area (Å²) in [5.74, 6) is 2.24. The van der Waals surface area contributed by atoms with Crippen molar-refractivity contribution in [3.8, 4) is 0 Å². The zero-order valence-corrected chi connectivity index (χ0v) is 14.2. The Bertz CT molecular complexity index is 388. The van der Waals surface area contributed by atoms with E-state index in [0.29, 0.717) is 0 Å². The molecule has 2 rings (SSSR count). The molecule has 1 aromatic rings. The Labute approximate surface area is 130 Å². The second-order valence-corrected chi connectivity index (χ2v) is 7.37. The maximum atomic E-state index is 3.59. The molecule has 1 aliphatic carbocycles. The molecule has 0 bridgehead atoms. The van der Waals surface area contributed by atoms with Gasteiger partial charge in [0.05, 0.1) is 0 Å². The summed E-state index contributed by atoms with van der Waals surface area (Å²) in [5.41, 5.74) is 1.44. The van der Waals surface area contributed by atoms with Gasteiger partial charge in [-0.15, -0.1) is 11.8 Å². The first-order valence-corrected chi connectivity index (χ1v) is 9.19. The molecule has 0 atom stereocenters. The number of halogens is 1. The van der Waals surface area contributed by atoms with Crippen LogP contribution in [0, 0.1) is 5.92 Å². The summed E-state index contributed by atoms with van der Waals surface area (Å²) in [6, 6.07) is 6.70. The van der Waals surface area contributed by atoms with Crippen molar-refractivity contribution in [3.05, 3.63) is 28.2 Å². The summed E-state index contributed by atoms with van der Waals surface area (Å²) >= 11 is 5.64. The van der Waals surface area contributed by atoms with Crippen molar-refractivity contribution in [1.82, 2.24) is 5.32 Å². The molecule has 0 unspecified atom stereocenters. The van der Waals surface area contributed by atoms with Crippen LogP contribution in [0.25, 0.3) is 0 Å². The van der Waals surface area contributed by atoms with E-state index in [2.05, 4.69) is 58.1 Å². The van der Waals surface area contributed by atoms with Crippen LogP contribution in [0.15, 0.2) is 27.6 Å². The van der Waals surface area contributed by atoms with Gasteiger partial charge in [-0.2, -0.15) is 0 Å². The number of hydrogen-bond donors (Lipinski definition) is 1. The molecule has 0 amide bonds. The first kappa shape index (κ1) is 15.4. The highest BCUT2D eigenvalue weighted by atomic mass is 79.9. The van der Waals surface area contributed by atoms with Crippen molar-refractivity contribution in [2.75, 3.05) is 12.3 Å². The minimum absolute atomic E-state index is 0.949. The van der Waals surface area contributed by atoms with Gasteiger partial charge in [-0.05, 0) is 55.5 Å². The van der Waals surface area contributed by atoms with E-state index < -0.39 is 0 Å². The third-order valence-corrected chi connectivity index (χ3v) is 5.55. The Morgan fingerprint density at radius 2 is 2.11 bits per heavy atom. The molecule has 0 spiro atoms. The van der Waals surface area contributed by atoms with E-state index >= 15 is 0 Å². The molecule has 106 valence electrons. The summed E-state index contributed by atoms with van der Waals surface area (Å²) in [5, 5.41) is 3.51. The molecule has 1 N–H and O–H groups in total. The summed E-state index contributed by atoms with van der Waals surface area (Å²) in [6.07, 6.45) is 6.95. The van der Waals surface area contributed by atoms with Crippen LogP contribution in [0.3, 0.4) is 0 Å². The lowest BCUT2D eigenvalue weighted by molar-refractivity contribution is 0.622. The molecular formula is C16H24BrNS. The smallest absolute Gasteiger partial charge is 0.0217 e. The molecule has 0 radical (unpaired) electrons. The molecule has 1 aromatic carbocycles. The van der Waals surface area contributed by atoms with E-state index in [0.717, 1.165) is 19.0 Å². The van der Waals surface area contributed by atoms with E-state index in [9.17, 15) is 0 Å². The quantitative estimate of drug-likeness (QED) is 0.538. The highest BCUT2D eigenvalue weighted by Crippen LogP contribution is 2.33. The predicted octanol–water partition coefficient (Wildman–Crippen LogP) is 5.23. The third-order valence-electron chi connectivity index (χ3n) is 3.71. The zero-order chi connectivity index (χ0) is 13.5. The second-order valence-electron chi connectivity index (χ2n) is 5.39. The van der Waals surface area contributed by atoms with Crippen LogP contribution in [0.5, 0.6) is 0 Å². The average Bonchev–Trinajstić information content (AvgIpc) is 2.91. The number of benzene rings is 1. The van der Waals surface area contributed by atoms with Crippen molar-refractivity contribution in [1.29, 1.82) is 0 Å². The van der Waals surface area contributed by atoms with Gasteiger partial charge in [0.25, 0.3) is 0 Å². The van der Waals surface area contributed by atoms with Gasteiger partial charge < -0.3 is 5.32 Å². The minimum atomic E-state index is 0.949. The van der Waals surface area contributed by atoms with Gasteiger partial charge in [-0.3, -0.25) is 0 Å². The van der Waals surface area contributed by atoms with Crippen LogP contribution in [0.2, 0.25) is 0 Å². The maximum Gasteiger partial charge on any atom is 0.0217 e. The Morgan fingerprint density at radius 3 is 2.84 bits per heavy atom. The van der Waals surface area contributed by atoms with Crippen molar-refractivity contribution < 1.29 is 0 Å². The molecule has 3 heteroatoms. The fourth-order valence-corrected chi connectivity index (χ4v) is 4.25. The fourth-order valence-electron chi connectivity index (χ4n) is 2.61. The second kappa shape index (κ2) is 8.33.